The van der Waals surface area contributed by atoms with Crippen molar-refractivity contribution in [3.05, 3.63) is 76.9 Å². The van der Waals surface area contributed by atoms with Crippen LogP contribution in [0.1, 0.15) is 22.3 Å². The van der Waals surface area contributed by atoms with E-state index in [0.29, 0.717) is 12.2 Å². The number of phenols is 3. The summed E-state index contributed by atoms with van der Waals surface area (Å²) in [4.78, 5) is 0. The lowest BCUT2D eigenvalue weighted by molar-refractivity contribution is 0.466. The van der Waals surface area contributed by atoms with Crippen molar-refractivity contribution in [3.8, 4) is 28.4 Å². The van der Waals surface area contributed by atoms with Crippen LogP contribution in [0.4, 0.5) is 0 Å². The van der Waals surface area contributed by atoms with E-state index in [9.17, 15) is 15.3 Å². The highest BCUT2D eigenvalue weighted by Gasteiger charge is 2.10. The first-order valence-electron chi connectivity index (χ1n) is 7.84. The molecule has 0 spiro atoms. The van der Waals surface area contributed by atoms with E-state index in [0.717, 1.165) is 33.4 Å². The molecule has 3 nitrogen and oxygen atoms in total. The van der Waals surface area contributed by atoms with Crippen LogP contribution >= 0.6 is 0 Å². The van der Waals surface area contributed by atoms with Crippen LogP contribution in [-0.4, -0.2) is 15.3 Å². The van der Waals surface area contributed by atoms with Crippen molar-refractivity contribution in [1.82, 2.24) is 0 Å². The molecule has 3 aromatic carbocycles. The highest BCUT2D eigenvalue weighted by Crippen LogP contribution is 2.31. The van der Waals surface area contributed by atoms with Crippen LogP contribution < -0.4 is 0 Å². The Balaban J connectivity index is 2.04. The molecule has 0 aliphatic carbocycles. The van der Waals surface area contributed by atoms with Crippen molar-refractivity contribution in [2.75, 3.05) is 0 Å². The van der Waals surface area contributed by atoms with Crippen LogP contribution in [0.2, 0.25) is 0 Å². The Hall–Kier alpha value is -2.94. The highest BCUT2D eigenvalue weighted by atomic mass is 16.3. The zero-order valence-electron chi connectivity index (χ0n) is 13.7. The van der Waals surface area contributed by atoms with E-state index in [1.54, 1.807) is 24.3 Å². The first-order valence-corrected chi connectivity index (χ1v) is 7.84. The Morgan fingerprint density at radius 2 is 1.29 bits per heavy atom. The molecule has 0 heterocycles. The number of hydrogen-bond donors (Lipinski definition) is 3. The Morgan fingerprint density at radius 1 is 0.708 bits per heavy atom. The maximum atomic E-state index is 9.94. The van der Waals surface area contributed by atoms with Gasteiger partial charge in [-0.25, -0.2) is 0 Å². The van der Waals surface area contributed by atoms with Gasteiger partial charge in [-0.3, -0.25) is 0 Å². The fourth-order valence-corrected chi connectivity index (χ4v) is 3.02. The van der Waals surface area contributed by atoms with Crippen LogP contribution in [0.3, 0.4) is 0 Å². The molecule has 0 aliphatic rings. The van der Waals surface area contributed by atoms with Crippen molar-refractivity contribution >= 4 is 0 Å². The Morgan fingerprint density at radius 3 is 1.92 bits per heavy atom. The number of benzene rings is 3. The van der Waals surface area contributed by atoms with E-state index in [1.807, 2.05) is 44.2 Å². The molecule has 24 heavy (non-hydrogen) atoms. The van der Waals surface area contributed by atoms with Crippen LogP contribution in [0.5, 0.6) is 17.2 Å². The van der Waals surface area contributed by atoms with Gasteiger partial charge in [0.1, 0.15) is 17.2 Å². The van der Waals surface area contributed by atoms with Gasteiger partial charge in [-0.05, 0) is 77.9 Å². The average Bonchev–Trinajstić information content (AvgIpc) is 2.54. The second kappa shape index (κ2) is 6.28. The standard InChI is InChI=1S/C21H20O3/c1-13-9-15(10-14(2)21(13)24)11-17-12-19(23)7-8-20(17)16-3-5-18(22)6-4-16/h3-10,12,22-24H,11H2,1-2H3. The SMILES string of the molecule is Cc1cc(Cc2cc(O)ccc2-c2ccc(O)cc2)cc(C)c1O. The second-order valence-corrected chi connectivity index (χ2v) is 6.14. The Bertz CT molecular complexity index is 857. The van der Waals surface area contributed by atoms with E-state index < -0.39 is 0 Å². The summed E-state index contributed by atoms with van der Waals surface area (Å²) in [6, 6.07) is 16.3. The third-order valence-electron chi connectivity index (χ3n) is 4.21. The van der Waals surface area contributed by atoms with Crippen molar-refractivity contribution < 1.29 is 15.3 Å². The predicted octanol–water partition coefficient (Wildman–Crippen LogP) is 4.68. The zero-order chi connectivity index (χ0) is 17.3. The zero-order valence-corrected chi connectivity index (χ0v) is 13.7. The van der Waals surface area contributed by atoms with E-state index in [1.165, 1.54) is 0 Å². The van der Waals surface area contributed by atoms with Crippen LogP contribution in [0.25, 0.3) is 11.1 Å². The van der Waals surface area contributed by atoms with Gasteiger partial charge in [-0.15, -0.1) is 0 Å². The molecule has 0 saturated heterocycles. The fourth-order valence-electron chi connectivity index (χ4n) is 3.02. The van der Waals surface area contributed by atoms with Gasteiger partial charge in [0.25, 0.3) is 0 Å². The number of aryl methyl sites for hydroxylation is 2. The molecule has 3 heteroatoms. The third-order valence-corrected chi connectivity index (χ3v) is 4.21. The molecule has 0 radical (unpaired) electrons. The van der Waals surface area contributed by atoms with Crippen molar-refractivity contribution in [1.29, 1.82) is 0 Å². The van der Waals surface area contributed by atoms with E-state index in [4.69, 9.17) is 0 Å². The highest BCUT2D eigenvalue weighted by molar-refractivity contribution is 5.69. The topological polar surface area (TPSA) is 60.7 Å². The summed E-state index contributed by atoms with van der Waals surface area (Å²) in [5.74, 6) is 0.775. The lowest BCUT2D eigenvalue weighted by Crippen LogP contribution is -1.94. The molecule has 3 N–H and O–H groups in total. The summed E-state index contributed by atoms with van der Waals surface area (Å²) < 4.78 is 0. The minimum Gasteiger partial charge on any atom is -0.508 e. The summed E-state index contributed by atoms with van der Waals surface area (Å²) in [5.41, 5.74) is 5.75. The van der Waals surface area contributed by atoms with Gasteiger partial charge in [-0.1, -0.05) is 30.3 Å². The minimum atomic E-state index is 0.222. The van der Waals surface area contributed by atoms with Gasteiger partial charge < -0.3 is 15.3 Å². The summed E-state index contributed by atoms with van der Waals surface area (Å²) in [6.45, 7) is 3.77. The minimum absolute atomic E-state index is 0.222. The van der Waals surface area contributed by atoms with Gasteiger partial charge >= 0.3 is 0 Å². The largest absolute Gasteiger partial charge is 0.508 e. The Labute approximate surface area is 141 Å². The van der Waals surface area contributed by atoms with Crippen LogP contribution in [0, 0.1) is 13.8 Å². The number of phenolic OH excluding ortho intramolecular Hbond substituents is 3. The molecule has 0 bridgehead atoms. The monoisotopic (exact) mass is 320 g/mol. The summed E-state index contributed by atoms with van der Waals surface area (Å²) in [7, 11) is 0. The normalized spacial score (nSPS) is 10.8. The summed E-state index contributed by atoms with van der Waals surface area (Å²) in [5, 5.41) is 29.3. The molecular weight excluding hydrogens is 300 g/mol. The number of hydrogen-bond acceptors (Lipinski definition) is 3. The molecule has 0 aliphatic heterocycles. The lowest BCUT2D eigenvalue weighted by atomic mass is 9.93. The maximum Gasteiger partial charge on any atom is 0.121 e. The van der Waals surface area contributed by atoms with Crippen LogP contribution in [-0.2, 0) is 6.42 Å². The fraction of sp³-hybridized carbons (Fsp3) is 0.143. The predicted molar refractivity (Wildman–Crippen MR) is 95.6 cm³/mol. The Kier molecular flexibility index (Phi) is 4.17. The molecule has 122 valence electrons. The van der Waals surface area contributed by atoms with Crippen LogP contribution in [0.15, 0.2) is 54.6 Å². The molecule has 0 unspecified atom stereocenters. The van der Waals surface area contributed by atoms with E-state index in [2.05, 4.69) is 0 Å². The van der Waals surface area contributed by atoms with Crippen molar-refractivity contribution in [2.45, 2.75) is 20.3 Å². The molecule has 3 rings (SSSR count). The molecule has 0 aromatic heterocycles. The smallest absolute Gasteiger partial charge is 0.121 e. The van der Waals surface area contributed by atoms with Gasteiger partial charge in [0, 0.05) is 0 Å². The van der Waals surface area contributed by atoms with Gasteiger partial charge in [-0.2, -0.15) is 0 Å². The third kappa shape index (κ3) is 3.20. The molecule has 0 atom stereocenters. The second-order valence-electron chi connectivity index (χ2n) is 6.14. The maximum absolute atomic E-state index is 9.94. The first-order chi connectivity index (χ1) is 11.4. The molecule has 3 aromatic rings. The average molecular weight is 320 g/mol. The molecule has 0 amide bonds. The van der Waals surface area contributed by atoms with E-state index >= 15 is 0 Å². The van der Waals surface area contributed by atoms with Crippen molar-refractivity contribution in [2.24, 2.45) is 0 Å². The van der Waals surface area contributed by atoms with Gasteiger partial charge in [0.05, 0.1) is 0 Å². The summed E-state index contributed by atoms with van der Waals surface area (Å²) >= 11 is 0. The lowest BCUT2D eigenvalue weighted by Gasteiger charge is -2.13. The first kappa shape index (κ1) is 15.9. The van der Waals surface area contributed by atoms with Crippen molar-refractivity contribution in [3.63, 3.8) is 0 Å². The van der Waals surface area contributed by atoms with Gasteiger partial charge in [0.15, 0.2) is 0 Å². The quantitative estimate of drug-likeness (QED) is 0.657. The summed E-state index contributed by atoms with van der Waals surface area (Å²) in [6.07, 6.45) is 0.645. The molecule has 0 saturated carbocycles. The molecule has 0 fully saturated rings. The number of rotatable bonds is 3. The number of aromatic hydroxyl groups is 3. The molecular formula is C21H20O3. The van der Waals surface area contributed by atoms with E-state index in [-0.39, 0.29) is 11.5 Å². The van der Waals surface area contributed by atoms with Gasteiger partial charge in [0.2, 0.25) is 0 Å².